The highest BCUT2D eigenvalue weighted by Gasteiger charge is 2.13. The number of rotatable bonds is 6. The fourth-order valence-electron chi connectivity index (χ4n) is 1.66. The van der Waals surface area contributed by atoms with Gasteiger partial charge < -0.3 is 15.2 Å². The average Bonchev–Trinajstić information content (AvgIpc) is 2.83. The second-order valence-electron chi connectivity index (χ2n) is 4.03. The number of hydrogen-bond acceptors (Lipinski definition) is 6. The van der Waals surface area contributed by atoms with E-state index < -0.39 is 0 Å². The topological polar surface area (TPSA) is 88.1 Å². The quantitative estimate of drug-likeness (QED) is 0.854. The Bertz CT molecular complexity index is 587. The maximum absolute atomic E-state index is 5.73. The Morgan fingerprint density at radius 2 is 2.15 bits per heavy atom. The number of benzene rings is 1. The molecule has 1 aromatic carbocycles. The van der Waals surface area contributed by atoms with Crippen molar-refractivity contribution in [2.75, 3.05) is 6.61 Å². The fraction of sp³-hybridized carbons (Fsp3) is 0.417. The summed E-state index contributed by atoms with van der Waals surface area (Å²) in [6.45, 7) is 3.11. The number of nitrogens with two attached hydrogens (primary N) is 1. The van der Waals surface area contributed by atoms with Crippen LogP contribution < -0.4 is 15.2 Å². The zero-order chi connectivity index (χ0) is 14.5. The van der Waals surface area contributed by atoms with E-state index in [0.717, 1.165) is 10.0 Å². The van der Waals surface area contributed by atoms with Crippen LogP contribution in [0.25, 0.3) is 0 Å². The van der Waals surface area contributed by atoms with Gasteiger partial charge in [-0.3, -0.25) is 0 Å². The van der Waals surface area contributed by atoms with Crippen LogP contribution in [0.4, 0.5) is 0 Å². The van der Waals surface area contributed by atoms with Crippen molar-refractivity contribution < 1.29 is 9.47 Å². The van der Waals surface area contributed by atoms with Gasteiger partial charge in [0.2, 0.25) is 5.82 Å². The number of ether oxygens (including phenoxy) is 2. The van der Waals surface area contributed by atoms with E-state index in [9.17, 15) is 0 Å². The first-order chi connectivity index (χ1) is 9.63. The molecule has 0 spiro atoms. The van der Waals surface area contributed by atoms with E-state index in [1.165, 1.54) is 4.80 Å². The van der Waals surface area contributed by atoms with E-state index >= 15 is 0 Å². The summed E-state index contributed by atoms with van der Waals surface area (Å²) in [6.07, 6.45) is 0. The molecule has 1 heterocycles. The van der Waals surface area contributed by atoms with E-state index in [4.69, 9.17) is 15.2 Å². The van der Waals surface area contributed by atoms with E-state index in [1.807, 2.05) is 19.1 Å². The Morgan fingerprint density at radius 1 is 1.35 bits per heavy atom. The molecule has 8 heteroatoms. The molecule has 2 aromatic rings. The lowest BCUT2D eigenvalue weighted by molar-refractivity contribution is 0.261. The van der Waals surface area contributed by atoms with E-state index in [2.05, 4.69) is 31.3 Å². The molecular weight excluding hydrogens is 326 g/mol. The van der Waals surface area contributed by atoms with E-state index in [0.29, 0.717) is 30.5 Å². The molecule has 0 aliphatic rings. The summed E-state index contributed by atoms with van der Waals surface area (Å²) in [7, 11) is 1.70. The predicted molar refractivity (Wildman–Crippen MR) is 76.3 cm³/mol. The first-order valence-electron chi connectivity index (χ1n) is 6.15. The summed E-state index contributed by atoms with van der Waals surface area (Å²) in [4.78, 5) is 1.38. The Kier molecular flexibility index (Phi) is 4.91. The molecule has 0 radical (unpaired) electrons. The molecule has 2 rings (SSSR count). The number of aromatic nitrogens is 4. The number of hydrogen-bond donors (Lipinski definition) is 1. The molecule has 20 heavy (non-hydrogen) atoms. The van der Waals surface area contributed by atoms with Crippen LogP contribution in [0, 0.1) is 0 Å². The zero-order valence-electron chi connectivity index (χ0n) is 11.3. The minimum atomic E-state index is 0.217. The van der Waals surface area contributed by atoms with Crippen molar-refractivity contribution in [3.63, 3.8) is 0 Å². The number of nitrogens with zero attached hydrogens (tertiary/aromatic N) is 4. The second kappa shape index (κ2) is 6.67. The van der Waals surface area contributed by atoms with Gasteiger partial charge in [0.25, 0.3) is 0 Å². The average molecular weight is 342 g/mol. The summed E-state index contributed by atoms with van der Waals surface area (Å²) in [5.41, 5.74) is 6.62. The first-order valence-corrected chi connectivity index (χ1v) is 6.94. The van der Waals surface area contributed by atoms with Crippen molar-refractivity contribution in [1.29, 1.82) is 0 Å². The molecule has 0 bridgehead atoms. The lowest BCUT2D eigenvalue weighted by atomic mass is 10.2. The summed E-state index contributed by atoms with van der Waals surface area (Å²) < 4.78 is 12.1. The molecule has 0 fully saturated rings. The number of halogens is 1. The van der Waals surface area contributed by atoms with Crippen molar-refractivity contribution in [2.45, 2.75) is 20.1 Å². The monoisotopic (exact) mass is 341 g/mol. The molecule has 0 saturated carbocycles. The normalized spacial score (nSPS) is 10.6. The van der Waals surface area contributed by atoms with Crippen LogP contribution >= 0.6 is 15.9 Å². The van der Waals surface area contributed by atoms with Gasteiger partial charge in [-0.1, -0.05) is 0 Å². The van der Waals surface area contributed by atoms with Crippen molar-refractivity contribution in [1.82, 2.24) is 20.2 Å². The highest BCUT2D eigenvalue weighted by molar-refractivity contribution is 9.10. The number of tetrazole rings is 1. The molecule has 1 aromatic heterocycles. The molecule has 108 valence electrons. The summed E-state index contributed by atoms with van der Waals surface area (Å²) in [6, 6.07) is 3.77. The lowest BCUT2D eigenvalue weighted by Gasteiger charge is -2.14. The maximum atomic E-state index is 5.73. The minimum absolute atomic E-state index is 0.217. The molecule has 2 N–H and O–H groups in total. The maximum Gasteiger partial charge on any atom is 0.212 e. The zero-order valence-corrected chi connectivity index (χ0v) is 12.9. The predicted octanol–water partition coefficient (Wildman–Crippen LogP) is 1.41. The van der Waals surface area contributed by atoms with Crippen molar-refractivity contribution >= 4 is 15.9 Å². The summed E-state index contributed by atoms with van der Waals surface area (Å²) >= 11 is 3.47. The Labute approximate surface area is 125 Å². The third-order valence-corrected chi connectivity index (χ3v) is 3.09. The van der Waals surface area contributed by atoms with Gasteiger partial charge in [0.05, 0.1) is 18.1 Å². The van der Waals surface area contributed by atoms with Gasteiger partial charge in [0.15, 0.2) is 18.1 Å². The molecular formula is C12H16BrN5O2. The Morgan fingerprint density at radius 3 is 2.75 bits per heavy atom. The summed E-state index contributed by atoms with van der Waals surface area (Å²) in [5.74, 6) is 1.76. The van der Waals surface area contributed by atoms with Crippen LogP contribution in [-0.2, 0) is 20.2 Å². The third kappa shape index (κ3) is 3.45. The van der Waals surface area contributed by atoms with Gasteiger partial charge in [-0.05, 0) is 45.8 Å². The van der Waals surface area contributed by atoms with E-state index in [-0.39, 0.29) is 6.61 Å². The van der Waals surface area contributed by atoms with Crippen molar-refractivity contribution in [3.8, 4) is 11.5 Å². The molecule has 0 aliphatic heterocycles. The second-order valence-corrected chi connectivity index (χ2v) is 4.88. The van der Waals surface area contributed by atoms with Gasteiger partial charge >= 0.3 is 0 Å². The highest BCUT2D eigenvalue weighted by atomic mass is 79.9. The Hall–Kier alpha value is -1.67. The van der Waals surface area contributed by atoms with Gasteiger partial charge in [-0.2, -0.15) is 4.80 Å². The largest absolute Gasteiger partial charge is 0.490 e. The van der Waals surface area contributed by atoms with Crippen molar-refractivity contribution in [3.05, 3.63) is 28.0 Å². The van der Waals surface area contributed by atoms with Gasteiger partial charge in [-0.15, -0.1) is 10.2 Å². The van der Waals surface area contributed by atoms with Crippen LogP contribution in [0.1, 0.15) is 18.3 Å². The molecule has 0 aliphatic carbocycles. The lowest BCUT2D eigenvalue weighted by Crippen LogP contribution is -2.04. The van der Waals surface area contributed by atoms with E-state index in [1.54, 1.807) is 7.05 Å². The molecule has 7 nitrogen and oxygen atoms in total. The van der Waals surface area contributed by atoms with Crippen molar-refractivity contribution in [2.24, 2.45) is 12.8 Å². The first kappa shape index (κ1) is 14.7. The van der Waals surface area contributed by atoms with Gasteiger partial charge in [0.1, 0.15) is 0 Å². The standard InChI is InChI=1S/C12H16BrN5O2/c1-3-19-10-5-8(6-14)4-9(13)12(10)20-7-11-15-17-18(2)16-11/h4-5H,3,6-7,14H2,1-2H3. The van der Waals surface area contributed by atoms with Crippen LogP contribution in [0.3, 0.4) is 0 Å². The number of aryl methyl sites for hydroxylation is 1. The van der Waals surface area contributed by atoms with Crippen LogP contribution in [0.5, 0.6) is 11.5 Å². The molecule has 0 amide bonds. The van der Waals surface area contributed by atoms with Gasteiger partial charge in [0, 0.05) is 6.54 Å². The third-order valence-electron chi connectivity index (χ3n) is 2.50. The van der Waals surface area contributed by atoms with Crippen LogP contribution in [0.15, 0.2) is 16.6 Å². The Balaban J connectivity index is 2.20. The smallest absolute Gasteiger partial charge is 0.212 e. The van der Waals surface area contributed by atoms with Crippen LogP contribution in [-0.4, -0.2) is 26.8 Å². The molecule has 0 atom stereocenters. The van der Waals surface area contributed by atoms with Crippen LogP contribution in [0.2, 0.25) is 0 Å². The fourth-order valence-corrected chi connectivity index (χ4v) is 2.26. The molecule has 0 saturated heterocycles. The SMILES string of the molecule is CCOc1cc(CN)cc(Br)c1OCc1nnn(C)n1. The summed E-state index contributed by atoms with van der Waals surface area (Å²) in [5, 5.41) is 11.7. The molecule has 0 unspecified atom stereocenters. The highest BCUT2D eigenvalue weighted by Crippen LogP contribution is 2.37. The van der Waals surface area contributed by atoms with Gasteiger partial charge in [-0.25, -0.2) is 0 Å². The minimum Gasteiger partial charge on any atom is -0.490 e.